The van der Waals surface area contributed by atoms with E-state index in [0.717, 1.165) is 12.8 Å². The second kappa shape index (κ2) is 13.4. The molecule has 0 saturated carbocycles. The summed E-state index contributed by atoms with van der Waals surface area (Å²) in [4.78, 5) is 22.4. The molecular weight excluding hydrogens is 244 g/mol. The summed E-state index contributed by atoms with van der Waals surface area (Å²) >= 11 is 0. The van der Waals surface area contributed by atoms with Gasteiger partial charge in [-0.1, -0.05) is 39.0 Å². The van der Waals surface area contributed by atoms with E-state index in [2.05, 4.69) is 6.92 Å². The highest BCUT2D eigenvalue weighted by Crippen LogP contribution is 2.06. The standard InChI is InChI=1S/C15H28O4/c1-3-5-6-7-8-9-13-19-15(17)12-10-11-14(16)18-4-2/h3-13H2,1-2H3. The Morgan fingerprint density at radius 3 is 1.95 bits per heavy atom. The van der Waals surface area contributed by atoms with Crippen molar-refractivity contribution in [1.29, 1.82) is 0 Å². The highest BCUT2D eigenvalue weighted by molar-refractivity contribution is 5.72. The third-order valence-corrected chi connectivity index (χ3v) is 2.83. The molecule has 0 atom stereocenters. The van der Waals surface area contributed by atoms with Crippen molar-refractivity contribution in [1.82, 2.24) is 0 Å². The predicted octanol–water partition coefficient (Wildman–Crippen LogP) is 3.62. The smallest absolute Gasteiger partial charge is 0.305 e. The SMILES string of the molecule is CCCCCCCCOC(=O)CCCC(=O)OCC. The minimum atomic E-state index is -0.244. The molecule has 0 heterocycles. The molecule has 4 nitrogen and oxygen atoms in total. The highest BCUT2D eigenvalue weighted by atomic mass is 16.5. The van der Waals surface area contributed by atoms with Crippen molar-refractivity contribution in [3.8, 4) is 0 Å². The number of rotatable bonds is 12. The largest absolute Gasteiger partial charge is 0.466 e. The average Bonchev–Trinajstić information content (AvgIpc) is 2.38. The van der Waals surface area contributed by atoms with Crippen molar-refractivity contribution < 1.29 is 19.1 Å². The van der Waals surface area contributed by atoms with Gasteiger partial charge in [0.15, 0.2) is 0 Å². The molecule has 0 unspecified atom stereocenters. The molecule has 0 N–H and O–H groups in total. The molecule has 4 heteroatoms. The third kappa shape index (κ3) is 13.2. The molecule has 0 bridgehead atoms. The van der Waals surface area contributed by atoms with Crippen LogP contribution in [0.4, 0.5) is 0 Å². The minimum absolute atomic E-state index is 0.210. The Kier molecular flexibility index (Phi) is 12.6. The fourth-order valence-electron chi connectivity index (χ4n) is 1.75. The molecule has 0 aromatic carbocycles. The topological polar surface area (TPSA) is 52.6 Å². The normalized spacial score (nSPS) is 10.2. The van der Waals surface area contributed by atoms with Gasteiger partial charge in [-0.15, -0.1) is 0 Å². The molecule has 0 amide bonds. The number of carbonyl (C=O) groups excluding carboxylic acids is 2. The van der Waals surface area contributed by atoms with E-state index in [4.69, 9.17) is 9.47 Å². The van der Waals surface area contributed by atoms with Gasteiger partial charge >= 0.3 is 11.9 Å². The lowest BCUT2D eigenvalue weighted by Gasteiger charge is -2.05. The first kappa shape index (κ1) is 17.9. The van der Waals surface area contributed by atoms with Gasteiger partial charge in [-0.05, 0) is 19.8 Å². The summed E-state index contributed by atoms with van der Waals surface area (Å²) in [7, 11) is 0. The quantitative estimate of drug-likeness (QED) is 0.402. The van der Waals surface area contributed by atoms with Gasteiger partial charge in [0, 0.05) is 12.8 Å². The van der Waals surface area contributed by atoms with Crippen LogP contribution in [0.3, 0.4) is 0 Å². The summed E-state index contributed by atoms with van der Waals surface area (Å²) < 4.78 is 9.88. The Hall–Kier alpha value is -1.06. The van der Waals surface area contributed by atoms with Crippen LogP contribution in [-0.2, 0) is 19.1 Å². The molecule has 0 aromatic heterocycles. The van der Waals surface area contributed by atoms with Crippen LogP contribution >= 0.6 is 0 Å². The first-order valence-corrected chi connectivity index (χ1v) is 7.52. The number of carbonyl (C=O) groups is 2. The van der Waals surface area contributed by atoms with E-state index in [0.29, 0.717) is 32.5 Å². The predicted molar refractivity (Wildman–Crippen MR) is 74.8 cm³/mol. The van der Waals surface area contributed by atoms with E-state index in [-0.39, 0.29) is 11.9 Å². The summed E-state index contributed by atoms with van der Waals surface area (Å²) in [6, 6.07) is 0. The number of ether oxygens (including phenoxy) is 2. The zero-order valence-electron chi connectivity index (χ0n) is 12.4. The van der Waals surface area contributed by atoms with Crippen LogP contribution in [0.25, 0.3) is 0 Å². The molecule has 0 aliphatic carbocycles. The number of hydrogen-bond donors (Lipinski definition) is 0. The van der Waals surface area contributed by atoms with Gasteiger partial charge in [-0.25, -0.2) is 0 Å². The molecule has 19 heavy (non-hydrogen) atoms. The summed E-state index contributed by atoms with van der Waals surface area (Å²) in [5.41, 5.74) is 0. The monoisotopic (exact) mass is 272 g/mol. The fraction of sp³-hybridized carbons (Fsp3) is 0.867. The number of esters is 2. The van der Waals surface area contributed by atoms with Crippen LogP contribution < -0.4 is 0 Å². The van der Waals surface area contributed by atoms with Crippen LogP contribution in [0.1, 0.15) is 71.6 Å². The van der Waals surface area contributed by atoms with Crippen molar-refractivity contribution in [2.45, 2.75) is 71.6 Å². The van der Waals surface area contributed by atoms with Gasteiger partial charge in [0.05, 0.1) is 13.2 Å². The van der Waals surface area contributed by atoms with Crippen molar-refractivity contribution in [2.75, 3.05) is 13.2 Å². The molecule has 0 aliphatic heterocycles. The Morgan fingerprint density at radius 2 is 1.32 bits per heavy atom. The van der Waals surface area contributed by atoms with Gasteiger partial charge in [-0.2, -0.15) is 0 Å². The minimum Gasteiger partial charge on any atom is -0.466 e. The second-order valence-electron chi connectivity index (χ2n) is 4.65. The fourth-order valence-corrected chi connectivity index (χ4v) is 1.75. The Bertz CT molecular complexity index is 238. The molecule has 0 rings (SSSR count). The van der Waals surface area contributed by atoms with Crippen LogP contribution in [0.5, 0.6) is 0 Å². The second-order valence-corrected chi connectivity index (χ2v) is 4.65. The van der Waals surface area contributed by atoms with E-state index in [1.807, 2.05) is 0 Å². The van der Waals surface area contributed by atoms with E-state index in [1.54, 1.807) is 6.92 Å². The Labute approximate surface area is 116 Å². The lowest BCUT2D eigenvalue weighted by Crippen LogP contribution is -2.08. The van der Waals surface area contributed by atoms with Gasteiger partial charge in [0.2, 0.25) is 0 Å². The van der Waals surface area contributed by atoms with Crippen molar-refractivity contribution in [2.24, 2.45) is 0 Å². The zero-order chi connectivity index (χ0) is 14.3. The van der Waals surface area contributed by atoms with Gasteiger partial charge < -0.3 is 9.47 Å². The van der Waals surface area contributed by atoms with Gasteiger partial charge in [-0.3, -0.25) is 9.59 Å². The first-order chi connectivity index (χ1) is 9.20. The molecular formula is C15H28O4. The van der Waals surface area contributed by atoms with Crippen LogP contribution in [0.15, 0.2) is 0 Å². The maximum Gasteiger partial charge on any atom is 0.305 e. The average molecular weight is 272 g/mol. The Balaban J connectivity index is 3.28. The zero-order valence-corrected chi connectivity index (χ0v) is 12.4. The van der Waals surface area contributed by atoms with Crippen LogP contribution in [0, 0.1) is 0 Å². The van der Waals surface area contributed by atoms with Crippen molar-refractivity contribution in [3.63, 3.8) is 0 Å². The van der Waals surface area contributed by atoms with Gasteiger partial charge in [0.1, 0.15) is 0 Å². The summed E-state index contributed by atoms with van der Waals surface area (Å²) in [6.07, 6.45) is 8.17. The number of hydrogen-bond acceptors (Lipinski definition) is 4. The molecule has 0 aromatic rings. The van der Waals surface area contributed by atoms with Gasteiger partial charge in [0.25, 0.3) is 0 Å². The summed E-state index contributed by atoms with van der Waals surface area (Å²) in [5, 5.41) is 0. The maximum absolute atomic E-state index is 11.3. The highest BCUT2D eigenvalue weighted by Gasteiger charge is 2.06. The summed E-state index contributed by atoms with van der Waals surface area (Å²) in [6.45, 7) is 4.86. The van der Waals surface area contributed by atoms with E-state index in [1.165, 1.54) is 25.7 Å². The molecule has 0 aliphatic rings. The molecule has 0 saturated heterocycles. The lowest BCUT2D eigenvalue weighted by molar-refractivity contribution is -0.145. The molecule has 0 fully saturated rings. The molecule has 0 spiro atoms. The van der Waals surface area contributed by atoms with Crippen LogP contribution in [0.2, 0.25) is 0 Å². The third-order valence-electron chi connectivity index (χ3n) is 2.83. The van der Waals surface area contributed by atoms with Crippen molar-refractivity contribution in [3.05, 3.63) is 0 Å². The van der Waals surface area contributed by atoms with E-state index >= 15 is 0 Å². The summed E-state index contributed by atoms with van der Waals surface area (Å²) in [5.74, 6) is -0.455. The molecule has 112 valence electrons. The van der Waals surface area contributed by atoms with Crippen LogP contribution in [-0.4, -0.2) is 25.2 Å². The first-order valence-electron chi connectivity index (χ1n) is 7.52. The number of unbranched alkanes of at least 4 members (excludes halogenated alkanes) is 5. The van der Waals surface area contributed by atoms with Crippen molar-refractivity contribution >= 4 is 11.9 Å². The van der Waals surface area contributed by atoms with E-state index in [9.17, 15) is 9.59 Å². The Morgan fingerprint density at radius 1 is 0.737 bits per heavy atom. The molecule has 0 radical (unpaired) electrons. The maximum atomic E-state index is 11.3. The van der Waals surface area contributed by atoms with E-state index < -0.39 is 0 Å². The lowest BCUT2D eigenvalue weighted by atomic mass is 10.1.